The number of rotatable bonds is 2. The fraction of sp³-hybridized carbons (Fsp3) is 0.111. The van der Waals surface area contributed by atoms with Gasteiger partial charge in [0, 0.05) is 10.5 Å². The molecular formula is C9H8N2OS. The lowest BCUT2D eigenvalue weighted by Crippen LogP contribution is -1.95. The molecule has 1 N–H and O–H groups in total. The van der Waals surface area contributed by atoms with Gasteiger partial charge in [0.05, 0.1) is 5.71 Å². The van der Waals surface area contributed by atoms with E-state index in [0.717, 1.165) is 22.2 Å². The Morgan fingerprint density at radius 3 is 2.85 bits per heavy atom. The first kappa shape index (κ1) is 9.62. The average molecular weight is 192 g/mol. The van der Waals surface area contributed by atoms with Gasteiger partial charge in [0.25, 0.3) is 0 Å². The molecule has 13 heavy (non-hydrogen) atoms. The van der Waals surface area contributed by atoms with E-state index in [-0.39, 0.29) is 0 Å². The van der Waals surface area contributed by atoms with Gasteiger partial charge in [-0.3, -0.25) is 0 Å². The van der Waals surface area contributed by atoms with Gasteiger partial charge in [-0.1, -0.05) is 23.4 Å². The summed E-state index contributed by atoms with van der Waals surface area (Å²) < 4.78 is 0. The molecule has 0 saturated carbocycles. The molecule has 0 atom stereocenters. The maximum absolute atomic E-state index is 8.58. The van der Waals surface area contributed by atoms with Crippen molar-refractivity contribution in [2.24, 2.45) is 5.16 Å². The molecule has 0 unspecified atom stereocenters. The third-order valence-corrected chi connectivity index (χ3v) is 2.25. The van der Waals surface area contributed by atoms with E-state index in [1.807, 2.05) is 29.7 Å². The van der Waals surface area contributed by atoms with Crippen LogP contribution in [0.4, 0.5) is 0 Å². The second kappa shape index (κ2) is 4.53. The van der Waals surface area contributed by atoms with Gasteiger partial charge in [-0.25, -0.2) is 0 Å². The van der Waals surface area contributed by atoms with Gasteiger partial charge in [0.1, 0.15) is 5.40 Å². The van der Waals surface area contributed by atoms with Gasteiger partial charge in [0.2, 0.25) is 0 Å². The highest BCUT2D eigenvalue weighted by Crippen LogP contribution is 2.21. The molecule has 0 aliphatic rings. The van der Waals surface area contributed by atoms with Crippen molar-refractivity contribution < 1.29 is 5.21 Å². The van der Waals surface area contributed by atoms with Gasteiger partial charge >= 0.3 is 0 Å². The van der Waals surface area contributed by atoms with Gasteiger partial charge < -0.3 is 5.21 Å². The summed E-state index contributed by atoms with van der Waals surface area (Å²) in [6.45, 7) is 1.69. The zero-order valence-corrected chi connectivity index (χ0v) is 7.88. The van der Waals surface area contributed by atoms with E-state index >= 15 is 0 Å². The Kier molecular flexibility index (Phi) is 3.35. The number of hydrogen-bond acceptors (Lipinski definition) is 4. The highest BCUT2D eigenvalue weighted by Gasteiger charge is 2.04. The van der Waals surface area contributed by atoms with Crippen LogP contribution >= 0.6 is 11.8 Å². The Morgan fingerprint density at radius 2 is 2.23 bits per heavy atom. The van der Waals surface area contributed by atoms with Gasteiger partial charge in [-0.2, -0.15) is 5.26 Å². The molecular weight excluding hydrogens is 184 g/mol. The molecule has 1 aromatic rings. The summed E-state index contributed by atoms with van der Waals surface area (Å²) in [6.07, 6.45) is 0. The van der Waals surface area contributed by atoms with Crippen molar-refractivity contribution in [1.82, 2.24) is 0 Å². The molecule has 0 amide bonds. The number of thiocyanates is 1. The largest absolute Gasteiger partial charge is 0.411 e. The second-order valence-corrected chi connectivity index (χ2v) is 3.20. The number of thioether (sulfide) groups is 1. The fourth-order valence-electron chi connectivity index (χ4n) is 0.958. The number of benzene rings is 1. The third-order valence-electron chi connectivity index (χ3n) is 1.58. The Balaban J connectivity index is 3.13. The lowest BCUT2D eigenvalue weighted by Gasteiger charge is -2.02. The topological polar surface area (TPSA) is 56.4 Å². The van der Waals surface area contributed by atoms with E-state index in [9.17, 15) is 0 Å². The minimum absolute atomic E-state index is 0.512. The molecule has 0 aliphatic heterocycles. The van der Waals surface area contributed by atoms with Crippen molar-refractivity contribution in [3.8, 4) is 5.40 Å². The maximum Gasteiger partial charge on any atom is 0.138 e. The van der Waals surface area contributed by atoms with Gasteiger partial charge in [0.15, 0.2) is 0 Å². The summed E-state index contributed by atoms with van der Waals surface area (Å²) in [5.41, 5.74) is 1.30. The first-order chi connectivity index (χ1) is 6.29. The minimum Gasteiger partial charge on any atom is -0.411 e. The predicted octanol–water partition coefficient (Wildman–Crippen LogP) is 2.46. The number of nitrogens with zero attached hydrogens (tertiary/aromatic N) is 2. The van der Waals surface area contributed by atoms with Crippen LogP contribution in [-0.4, -0.2) is 10.9 Å². The molecule has 66 valence electrons. The molecule has 1 rings (SSSR count). The molecule has 4 heteroatoms. The summed E-state index contributed by atoms with van der Waals surface area (Å²) in [5.74, 6) is 0. The number of nitriles is 1. The van der Waals surface area contributed by atoms with Crippen LogP contribution in [0.1, 0.15) is 12.5 Å². The van der Waals surface area contributed by atoms with Crippen LogP contribution in [0.25, 0.3) is 0 Å². The monoisotopic (exact) mass is 192 g/mol. The highest BCUT2D eigenvalue weighted by atomic mass is 32.2. The minimum atomic E-state index is 0.512. The molecule has 0 spiro atoms. The summed E-state index contributed by atoms with van der Waals surface area (Å²) in [6, 6.07) is 7.31. The second-order valence-electron chi connectivity index (χ2n) is 2.37. The smallest absolute Gasteiger partial charge is 0.138 e. The quantitative estimate of drug-likeness (QED) is 0.257. The molecule has 1 aromatic carbocycles. The molecule has 0 heterocycles. The molecule has 0 aliphatic carbocycles. The molecule has 0 fully saturated rings. The van der Waals surface area contributed by atoms with E-state index in [1.165, 1.54) is 0 Å². The normalized spacial score (nSPS) is 10.9. The lowest BCUT2D eigenvalue weighted by molar-refractivity contribution is 0.319. The van der Waals surface area contributed by atoms with E-state index in [1.54, 1.807) is 6.92 Å². The highest BCUT2D eigenvalue weighted by molar-refractivity contribution is 8.03. The van der Waals surface area contributed by atoms with Gasteiger partial charge in [-0.05, 0) is 24.8 Å². The molecule has 3 nitrogen and oxygen atoms in total. The number of oxime groups is 1. The Bertz CT molecular complexity index is 368. The standard InChI is InChI=1S/C9H8N2OS/c1-7(11-12)8-4-2-3-5-9(8)13-6-10/h2-5,12H,1H3/b11-7-. The predicted molar refractivity (Wildman–Crippen MR) is 51.9 cm³/mol. The zero-order valence-electron chi connectivity index (χ0n) is 7.06. The number of hydrogen-bond donors (Lipinski definition) is 1. The summed E-state index contributed by atoms with van der Waals surface area (Å²) in [5, 5.41) is 22.2. The first-order valence-corrected chi connectivity index (χ1v) is 4.45. The van der Waals surface area contributed by atoms with Crippen LogP contribution in [-0.2, 0) is 0 Å². The van der Waals surface area contributed by atoms with E-state index in [4.69, 9.17) is 10.5 Å². The Hall–Kier alpha value is -1.47. The van der Waals surface area contributed by atoms with Crippen molar-refractivity contribution in [2.45, 2.75) is 11.8 Å². The van der Waals surface area contributed by atoms with Crippen LogP contribution < -0.4 is 0 Å². The summed E-state index contributed by atoms with van der Waals surface area (Å²) in [4.78, 5) is 0.806. The Morgan fingerprint density at radius 1 is 1.54 bits per heavy atom. The van der Waals surface area contributed by atoms with Crippen molar-refractivity contribution in [2.75, 3.05) is 0 Å². The average Bonchev–Trinajstić information content (AvgIpc) is 2.18. The Labute approximate surface area is 80.7 Å². The zero-order chi connectivity index (χ0) is 9.68. The van der Waals surface area contributed by atoms with Crippen molar-refractivity contribution in [3.05, 3.63) is 29.8 Å². The maximum atomic E-state index is 8.58. The van der Waals surface area contributed by atoms with Crippen molar-refractivity contribution in [3.63, 3.8) is 0 Å². The van der Waals surface area contributed by atoms with E-state index in [0.29, 0.717) is 5.71 Å². The van der Waals surface area contributed by atoms with Gasteiger partial charge in [-0.15, -0.1) is 0 Å². The lowest BCUT2D eigenvalue weighted by atomic mass is 10.1. The third kappa shape index (κ3) is 2.23. The molecule has 0 saturated heterocycles. The van der Waals surface area contributed by atoms with E-state index < -0.39 is 0 Å². The van der Waals surface area contributed by atoms with Crippen molar-refractivity contribution in [1.29, 1.82) is 5.26 Å². The SMILES string of the molecule is C/C(=N/O)c1ccccc1SC#N. The van der Waals surface area contributed by atoms with Crippen LogP contribution in [0.15, 0.2) is 34.3 Å². The van der Waals surface area contributed by atoms with Crippen molar-refractivity contribution >= 4 is 17.5 Å². The summed E-state index contributed by atoms with van der Waals surface area (Å²) in [7, 11) is 0. The fourth-order valence-corrected chi connectivity index (χ4v) is 1.53. The first-order valence-electron chi connectivity index (χ1n) is 3.63. The molecule has 0 aromatic heterocycles. The van der Waals surface area contributed by atoms with Crippen LogP contribution in [0.5, 0.6) is 0 Å². The molecule has 0 bridgehead atoms. The van der Waals surface area contributed by atoms with Crippen LogP contribution in [0, 0.1) is 10.7 Å². The van der Waals surface area contributed by atoms with E-state index in [2.05, 4.69) is 5.16 Å². The van der Waals surface area contributed by atoms with Crippen LogP contribution in [0.3, 0.4) is 0 Å². The van der Waals surface area contributed by atoms with Crippen LogP contribution in [0.2, 0.25) is 0 Å². The molecule has 0 radical (unpaired) electrons. The summed E-state index contributed by atoms with van der Waals surface area (Å²) >= 11 is 1.06.